The standard InChI is InChI=1S/C6H5NOS/c1-2-8-3-6-5(1)7-4-9-6/h1-2,4H,3H2. The van der Waals surface area contributed by atoms with Crippen LogP contribution in [0.25, 0.3) is 6.08 Å². The molecule has 3 heteroatoms. The van der Waals surface area contributed by atoms with Gasteiger partial charge in [0.2, 0.25) is 0 Å². The summed E-state index contributed by atoms with van der Waals surface area (Å²) < 4.78 is 5.04. The molecular weight excluding hydrogens is 134 g/mol. The Morgan fingerprint density at radius 3 is 3.56 bits per heavy atom. The average molecular weight is 139 g/mol. The maximum Gasteiger partial charge on any atom is 0.124 e. The zero-order valence-electron chi connectivity index (χ0n) is 4.70. The first-order valence-corrected chi connectivity index (χ1v) is 3.55. The van der Waals surface area contributed by atoms with E-state index in [-0.39, 0.29) is 0 Å². The van der Waals surface area contributed by atoms with Gasteiger partial charge in [0, 0.05) is 0 Å². The summed E-state index contributed by atoms with van der Waals surface area (Å²) in [6.45, 7) is 0.691. The van der Waals surface area contributed by atoms with E-state index in [0.717, 1.165) is 5.69 Å². The minimum Gasteiger partial charge on any atom is -0.496 e. The first kappa shape index (κ1) is 4.99. The number of hydrogen-bond donors (Lipinski definition) is 0. The van der Waals surface area contributed by atoms with Crippen LogP contribution in [0.5, 0.6) is 0 Å². The van der Waals surface area contributed by atoms with Crippen molar-refractivity contribution in [1.82, 2.24) is 4.98 Å². The van der Waals surface area contributed by atoms with E-state index in [2.05, 4.69) is 4.98 Å². The summed E-state index contributed by atoms with van der Waals surface area (Å²) in [5.74, 6) is 0. The molecule has 2 rings (SSSR count). The first-order chi connectivity index (χ1) is 4.47. The monoisotopic (exact) mass is 139 g/mol. The molecule has 0 spiro atoms. The van der Waals surface area contributed by atoms with Gasteiger partial charge in [-0.25, -0.2) is 4.98 Å². The fourth-order valence-electron chi connectivity index (χ4n) is 0.759. The molecule has 1 aliphatic rings. The van der Waals surface area contributed by atoms with Gasteiger partial charge in [-0.05, 0) is 6.08 Å². The minimum absolute atomic E-state index is 0.691. The molecule has 0 fully saturated rings. The second kappa shape index (κ2) is 1.84. The molecule has 1 aliphatic heterocycles. The summed E-state index contributed by atoms with van der Waals surface area (Å²) in [7, 11) is 0. The highest BCUT2D eigenvalue weighted by Crippen LogP contribution is 2.19. The topological polar surface area (TPSA) is 22.1 Å². The van der Waals surface area contributed by atoms with Crippen LogP contribution in [0.4, 0.5) is 0 Å². The molecular formula is C6H5NOS. The van der Waals surface area contributed by atoms with Crippen molar-refractivity contribution < 1.29 is 4.74 Å². The molecule has 46 valence electrons. The lowest BCUT2D eigenvalue weighted by molar-refractivity contribution is 0.237. The third kappa shape index (κ3) is 0.733. The van der Waals surface area contributed by atoms with Crippen LogP contribution in [0.15, 0.2) is 11.8 Å². The van der Waals surface area contributed by atoms with E-state index in [4.69, 9.17) is 4.74 Å². The minimum atomic E-state index is 0.691. The summed E-state index contributed by atoms with van der Waals surface area (Å²) in [6, 6.07) is 0. The van der Waals surface area contributed by atoms with Crippen molar-refractivity contribution in [2.24, 2.45) is 0 Å². The van der Waals surface area contributed by atoms with Crippen molar-refractivity contribution in [1.29, 1.82) is 0 Å². The quantitative estimate of drug-likeness (QED) is 0.545. The number of aromatic nitrogens is 1. The Hall–Kier alpha value is -0.830. The molecule has 1 aromatic rings. The van der Waals surface area contributed by atoms with Crippen LogP contribution in [-0.2, 0) is 11.3 Å². The van der Waals surface area contributed by atoms with Crippen molar-refractivity contribution in [3.63, 3.8) is 0 Å². The molecule has 2 heterocycles. The predicted molar refractivity (Wildman–Crippen MR) is 35.9 cm³/mol. The highest BCUT2D eigenvalue weighted by molar-refractivity contribution is 7.09. The Bertz CT molecular complexity index is 241. The van der Waals surface area contributed by atoms with Crippen LogP contribution >= 0.6 is 11.3 Å². The number of hydrogen-bond acceptors (Lipinski definition) is 3. The number of nitrogens with zero attached hydrogens (tertiary/aromatic N) is 1. The van der Waals surface area contributed by atoms with Crippen molar-refractivity contribution >= 4 is 17.4 Å². The summed E-state index contributed by atoms with van der Waals surface area (Å²) in [6.07, 6.45) is 3.57. The molecule has 0 unspecified atom stereocenters. The molecule has 0 radical (unpaired) electrons. The van der Waals surface area contributed by atoms with Crippen LogP contribution in [0, 0.1) is 0 Å². The molecule has 0 N–H and O–H groups in total. The van der Waals surface area contributed by atoms with E-state index in [1.54, 1.807) is 17.6 Å². The fourth-order valence-corrected chi connectivity index (χ4v) is 1.43. The molecule has 0 saturated carbocycles. The number of thiazole rings is 1. The van der Waals surface area contributed by atoms with Gasteiger partial charge in [0.15, 0.2) is 0 Å². The van der Waals surface area contributed by atoms with E-state index < -0.39 is 0 Å². The largest absolute Gasteiger partial charge is 0.496 e. The van der Waals surface area contributed by atoms with E-state index in [9.17, 15) is 0 Å². The zero-order valence-corrected chi connectivity index (χ0v) is 5.52. The Labute approximate surface area is 56.8 Å². The summed E-state index contributed by atoms with van der Waals surface area (Å²) in [4.78, 5) is 5.33. The van der Waals surface area contributed by atoms with Crippen LogP contribution in [0.2, 0.25) is 0 Å². The Morgan fingerprint density at radius 1 is 1.67 bits per heavy atom. The number of ether oxygens (including phenoxy) is 1. The molecule has 0 amide bonds. The summed E-state index contributed by atoms with van der Waals surface area (Å²) in [5, 5.41) is 0. The fraction of sp³-hybridized carbons (Fsp3) is 0.167. The van der Waals surface area contributed by atoms with Gasteiger partial charge in [-0.2, -0.15) is 0 Å². The third-order valence-corrected chi connectivity index (χ3v) is 2.03. The smallest absolute Gasteiger partial charge is 0.124 e. The molecule has 2 nitrogen and oxygen atoms in total. The van der Waals surface area contributed by atoms with Gasteiger partial charge >= 0.3 is 0 Å². The van der Waals surface area contributed by atoms with Gasteiger partial charge in [0.1, 0.15) is 6.61 Å². The average Bonchev–Trinajstić information content (AvgIpc) is 2.33. The van der Waals surface area contributed by atoms with Gasteiger partial charge in [-0.1, -0.05) is 0 Å². The van der Waals surface area contributed by atoms with Crippen molar-refractivity contribution in [2.75, 3.05) is 0 Å². The molecule has 0 atom stereocenters. The van der Waals surface area contributed by atoms with Crippen LogP contribution in [0.3, 0.4) is 0 Å². The number of rotatable bonds is 0. The Morgan fingerprint density at radius 2 is 2.67 bits per heavy atom. The van der Waals surface area contributed by atoms with E-state index in [1.165, 1.54) is 4.88 Å². The van der Waals surface area contributed by atoms with Crippen LogP contribution < -0.4 is 0 Å². The lowest BCUT2D eigenvalue weighted by atomic mass is 10.3. The maximum absolute atomic E-state index is 5.04. The van der Waals surface area contributed by atoms with E-state index in [0.29, 0.717) is 6.61 Å². The predicted octanol–water partition coefficient (Wildman–Crippen LogP) is 1.64. The maximum atomic E-state index is 5.04. The lowest BCUT2D eigenvalue weighted by Crippen LogP contribution is -1.90. The molecule has 1 aromatic heterocycles. The van der Waals surface area contributed by atoms with Crippen molar-refractivity contribution in [2.45, 2.75) is 6.61 Å². The van der Waals surface area contributed by atoms with Crippen molar-refractivity contribution in [3.05, 3.63) is 22.3 Å². The van der Waals surface area contributed by atoms with E-state index >= 15 is 0 Å². The molecule has 0 bridgehead atoms. The SMILES string of the molecule is C1=Cc2ncsc2CO1. The third-order valence-electron chi connectivity index (χ3n) is 1.21. The Balaban J connectivity index is 2.53. The lowest BCUT2D eigenvalue weighted by Gasteiger charge is -2.02. The Kier molecular flexibility index (Phi) is 1.02. The highest BCUT2D eigenvalue weighted by Gasteiger charge is 2.05. The molecule has 0 aromatic carbocycles. The number of fused-ring (bicyclic) bond motifs is 1. The van der Waals surface area contributed by atoms with Gasteiger partial charge in [-0.15, -0.1) is 11.3 Å². The van der Waals surface area contributed by atoms with Gasteiger partial charge in [-0.3, -0.25) is 0 Å². The zero-order chi connectivity index (χ0) is 6.10. The highest BCUT2D eigenvalue weighted by atomic mass is 32.1. The summed E-state index contributed by atoms with van der Waals surface area (Å²) in [5.41, 5.74) is 2.90. The van der Waals surface area contributed by atoms with Crippen LogP contribution in [-0.4, -0.2) is 4.98 Å². The summed E-state index contributed by atoms with van der Waals surface area (Å²) >= 11 is 1.64. The molecule has 0 saturated heterocycles. The first-order valence-electron chi connectivity index (χ1n) is 2.67. The van der Waals surface area contributed by atoms with Crippen LogP contribution in [0.1, 0.15) is 10.6 Å². The van der Waals surface area contributed by atoms with Gasteiger partial charge < -0.3 is 4.74 Å². The normalized spacial score (nSPS) is 14.7. The van der Waals surface area contributed by atoms with Gasteiger partial charge in [0.05, 0.1) is 22.3 Å². The molecule has 0 aliphatic carbocycles. The van der Waals surface area contributed by atoms with E-state index in [1.807, 2.05) is 11.6 Å². The second-order valence-corrected chi connectivity index (χ2v) is 2.71. The molecule has 9 heavy (non-hydrogen) atoms. The second-order valence-electron chi connectivity index (χ2n) is 1.77. The van der Waals surface area contributed by atoms with Gasteiger partial charge in [0.25, 0.3) is 0 Å². The van der Waals surface area contributed by atoms with Crippen molar-refractivity contribution in [3.8, 4) is 0 Å².